The molecule has 0 aliphatic rings. The molecule has 0 heterocycles. The molecule has 0 aromatic rings. The lowest BCUT2D eigenvalue weighted by molar-refractivity contribution is -0.118. The van der Waals surface area contributed by atoms with Crippen LogP contribution in [0, 0.1) is 0 Å². The Morgan fingerprint density at radius 2 is 1.90 bits per heavy atom. The highest BCUT2D eigenvalue weighted by Gasteiger charge is 2.19. The summed E-state index contributed by atoms with van der Waals surface area (Å²) in [4.78, 5) is 13.8. The van der Waals surface area contributed by atoms with E-state index in [0.717, 1.165) is 0 Å². The molecule has 0 fully saturated rings. The van der Waals surface area contributed by atoms with Gasteiger partial charge < -0.3 is 4.98 Å². The number of nitrogens with one attached hydrogen (secondary N) is 1. The molecule has 1 amide bonds. The van der Waals surface area contributed by atoms with Crippen molar-refractivity contribution in [2.24, 2.45) is 0 Å². The van der Waals surface area contributed by atoms with Gasteiger partial charge in [-0.15, -0.1) is 11.6 Å². The van der Waals surface area contributed by atoms with Crippen LogP contribution in [0.25, 0.3) is 0 Å². The summed E-state index contributed by atoms with van der Waals surface area (Å²) in [6.07, 6.45) is 0. The van der Waals surface area contributed by atoms with Gasteiger partial charge in [0.1, 0.15) is 13.6 Å². The van der Waals surface area contributed by atoms with Crippen molar-refractivity contribution in [3.8, 4) is 0 Å². The minimum absolute atomic E-state index is 0.0548. The van der Waals surface area contributed by atoms with E-state index >= 15 is 0 Å². The standard InChI is InChI=1S/C6H14ClNOSi/c1-5(7)6(9)8-10(2,3)4/h5H,1-4H3,(H,8,9). The summed E-state index contributed by atoms with van der Waals surface area (Å²) in [5.74, 6) is -0.0548. The van der Waals surface area contributed by atoms with Crippen molar-refractivity contribution in [1.29, 1.82) is 0 Å². The van der Waals surface area contributed by atoms with Gasteiger partial charge in [0, 0.05) is 0 Å². The second-order valence-electron chi connectivity index (χ2n) is 3.36. The molecule has 0 bridgehead atoms. The summed E-state index contributed by atoms with van der Waals surface area (Å²) in [6, 6.07) is 0. The highest BCUT2D eigenvalue weighted by Crippen LogP contribution is 1.98. The largest absolute Gasteiger partial charge is 0.381 e. The van der Waals surface area contributed by atoms with E-state index in [1.54, 1.807) is 6.92 Å². The molecule has 0 radical (unpaired) electrons. The maximum absolute atomic E-state index is 11.0. The van der Waals surface area contributed by atoms with Crippen molar-refractivity contribution in [2.75, 3.05) is 0 Å². The van der Waals surface area contributed by atoms with Gasteiger partial charge in [0.15, 0.2) is 0 Å². The maximum atomic E-state index is 11.0. The molecule has 1 atom stereocenters. The van der Waals surface area contributed by atoms with E-state index in [1.807, 2.05) is 0 Å². The second kappa shape index (κ2) is 3.39. The second-order valence-corrected chi connectivity index (χ2v) is 8.76. The number of carbonyl (C=O) groups excluding carboxylic acids is 1. The molecule has 1 unspecified atom stereocenters. The van der Waals surface area contributed by atoms with Crippen molar-refractivity contribution in [3.63, 3.8) is 0 Å². The van der Waals surface area contributed by atoms with E-state index in [1.165, 1.54) is 0 Å². The van der Waals surface area contributed by atoms with Gasteiger partial charge in [0.25, 0.3) is 0 Å². The first-order valence-electron chi connectivity index (χ1n) is 3.29. The Hall–Kier alpha value is -0.0231. The van der Waals surface area contributed by atoms with E-state index in [9.17, 15) is 4.79 Å². The smallest absolute Gasteiger partial charge is 0.229 e. The van der Waals surface area contributed by atoms with Gasteiger partial charge in [-0.3, -0.25) is 4.79 Å². The van der Waals surface area contributed by atoms with Gasteiger partial charge in [-0.25, -0.2) is 0 Å². The average molecular weight is 180 g/mol. The first-order chi connectivity index (χ1) is 4.33. The van der Waals surface area contributed by atoms with Gasteiger partial charge >= 0.3 is 0 Å². The Kier molecular flexibility index (Phi) is 3.38. The van der Waals surface area contributed by atoms with E-state index < -0.39 is 13.6 Å². The van der Waals surface area contributed by atoms with Crippen LogP contribution in [0.3, 0.4) is 0 Å². The highest BCUT2D eigenvalue weighted by molar-refractivity contribution is 6.76. The third-order valence-electron chi connectivity index (χ3n) is 0.859. The van der Waals surface area contributed by atoms with Gasteiger partial charge in [0.2, 0.25) is 5.91 Å². The van der Waals surface area contributed by atoms with Crippen LogP contribution >= 0.6 is 11.6 Å². The predicted molar refractivity (Wildman–Crippen MR) is 46.8 cm³/mol. The molecule has 0 saturated heterocycles. The lowest BCUT2D eigenvalue weighted by Gasteiger charge is -2.18. The molecule has 1 N–H and O–H groups in total. The fourth-order valence-corrected chi connectivity index (χ4v) is 1.57. The Labute approximate surface area is 68.0 Å². The van der Waals surface area contributed by atoms with Crippen LogP contribution in [0.4, 0.5) is 0 Å². The lowest BCUT2D eigenvalue weighted by Crippen LogP contribution is -2.47. The van der Waals surface area contributed by atoms with Gasteiger partial charge in [-0.1, -0.05) is 19.6 Å². The Morgan fingerprint density at radius 3 is 2.00 bits per heavy atom. The zero-order valence-corrected chi connectivity index (χ0v) is 8.62. The van der Waals surface area contributed by atoms with Crippen LogP contribution in [0.5, 0.6) is 0 Å². The Morgan fingerprint density at radius 1 is 1.50 bits per heavy atom. The fourth-order valence-electron chi connectivity index (χ4n) is 0.469. The predicted octanol–water partition coefficient (Wildman–Crippen LogP) is 1.56. The Balaban J connectivity index is 3.81. The van der Waals surface area contributed by atoms with Crippen LogP contribution in [0.2, 0.25) is 19.6 Å². The third kappa shape index (κ3) is 4.82. The molecule has 0 rings (SSSR count). The lowest BCUT2D eigenvalue weighted by atomic mass is 10.5. The summed E-state index contributed by atoms with van der Waals surface area (Å²) in [5, 5.41) is -0.410. The highest BCUT2D eigenvalue weighted by atomic mass is 35.5. The number of carbonyl (C=O) groups is 1. The van der Waals surface area contributed by atoms with Crippen LogP contribution in [-0.2, 0) is 4.79 Å². The van der Waals surface area contributed by atoms with E-state index in [4.69, 9.17) is 11.6 Å². The first-order valence-corrected chi connectivity index (χ1v) is 7.22. The quantitative estimate of drug-likeness (QED) is 0.506. The van der Waals surface area contributed by atoms with Crippen molar-refractivity contribution in [2.45, 2.75) is 31.9 Å². The van der Waals surface area contributed by atoms with Gasteiger partial charge in [-0.2, -0.15) is 0 Å². The zero-order valence-electron chi connectivity index (χ0n) is 6.86. The molecular weight excluding hydrogens is 166 g/mol. The number of hydrogen-bond acceptors (Lipinski definition) is 1. The summed E-state index contributed by atoms with van der Waals surface area (Å²) < 4.78 is 0. The number of alkyl halides is 1. The molecule has 60 valence electrons. The molecule has 0 saturated carbocycles. The SMILES string of the molecule is CC(Cl)C(=O)N[Si](C)(C)C. The number of rotatable bonds is 2. The number of halogens is 1. The van der Waals surface area contributed by atoms with Crippen molar-refractivity contribution in [1.82, 2.24) is 4.98 Å². The van der Waals surface area contributed by atoms with E-state index in [0.29, 0.717) is 0 Å². The van der Waals surface area contributed by atoms with Crippen molar-refractivity contribution in [3.05, 3.63) is 0 Å². The topological polar surface area (TPSA) is 29.1 Å². The number of hydrogen-bond donors (Lipinski definition) is 1. The molecule has 2 nitrogen and oxygen atoms in total. The van der Waals surface area contributed by atoms with Crippen molar-refractivity contribution < 1.29 is 4.79 Å². The molecule has 10 heavy (non-hydrogen) atoms. The summed E-state index contributed by atoms with van der Waals surface area (Å²) in [7, 11) is -1.47. The molecule has 0 aliphatic heterocycles. The van der Waals surface area contributed by atoms with E-state index in [-0.39, 0.29) is 5.91 Å². The number of amides is 1. The Bertz CT molecular complexity index is 130. The van der Waals surface area contributed by atoms with Crippen LogP contribution < -0.4 is 4.98 Å². The molecular formula is C6H14ClNOSi. The maximum Gasteiger partial charge on any atom is 0.229 e. The van der Waals surface area contributed by atoms with E-state index in [2.05, 4.69) is 24.6 Å². The molecule has 0 aromatic heterocycles. The fraction of sp³-hybridized carbons (Fsp3) is 0.833. The van der Waals surface area contributed by atoms with Crippen LogP contribution in [0.1, 0.15) is 6.92 Å². The minimum atomic E-state index is -1.47. The average Bonchev–Trinajstić information content (AvgIpc) is 1.60. The minimum Gasteiger partial charge on any atom is -0.381 e. The summed E-state index contributed by atoms with van der Waals surface area (Å²) >= 11 is 5.54. The van der Waals surface area contributed by atoms with Crippen molar-refractivity contribution >= 4 is 25.7 Å². The third-order valence-corrected chi connectivity index (χ3v) is 2.05. The normalized spacial score (nSPS) is 14.5. The molecule has 4 heteroatoms. The molecule has 0 aliphatic carbocycles. The molecule has 0 aromatic carbocycles. The zero-order chi connectivity index (χ0) is 8.36. The van der Waals surface area contributed by atoms with Gasteiger partial charge in [-0.05, 0) is 6.92 Å². The first kappa shape index (κ1) is 9.98. The molecule has 0 spiro atoms. The van der Waals surface area contributed by atoms with Gasteiger partial charge in [0.05, 0.1) is 0 Å². The monoisotopic (exact) mass is 179 g/mol. The van der Waals surface area contributed by atoms with Crippen LogP contribution in [0.15, 0.2) is 0 Å². The van der Waals surface area contributed by atoms with Crippen LogP contribution in [-0.4, -0.2) is 19.5 Å². The summed E-state index contributed by atoms with van der Waals surface area (Å²) in [6.45, 7) is 7.86. The summed E-state index contributed by atoms with van der Waals surface area (Å²) in [5.41, 5.74) is 0.